The van der Waals surface area contributed by atoms with Crippen molar-refractivity contribution in [3.63, 3.8) is 0 Å². The molecule has 1 N–H and O–H groups in total. The average molecular weight is 437 g/mol. The van der Waals surface area contributed by atoms with Gasteiger partial charge in [0.05, 0.1) is 18.5 Å². The number of hydrogen-bond donors (Lipinski definition) is 1. The third kappa shape index (κ3) is 5.96. The van der Waals surface area contributed by atoms with E-state index in [2.05, 4.69) is 10.2 Å². The van der Waals surface area contributed by atoms with Gasteiger partial charge in [0.2, 0.25) is 10.0 Å². The Bertz CT molecular complexity index is 914. The molecule has 2 aromatic rings. The van der Waals surface area contributed by atoms with Gasteiger partial charge in [-0.15, -0.1) is 0 Å². The highest BCUT2D eigenvalue weighted by atomic mass is 32.2. The number of rotatable bonds is 8. The zero-order chi connectivity index (χ0) is 21.6. The van der Waals surface area contributed by atoms with Gasteiger partial charge in [0.25, 0.3) is 0 Å². The first-order chi connectivity index (χ1) is 14.4. The third-order valence-corrected chi connectivity index (χ3v) is 6.75. The van der Waals surface area contributed by atoms with Crippen LogP contribution in [0.1, 0.15) is 26.5 Å². The van der Waals surface area contributed by atoms with Crippen molar-refractivity contribution < 1.29 is 17.6 Å². The van der Waals surface area contributed by atoms with Crippen LogP contribution >= 0.6 is 0 Å². The quantitative estimate of drug-likeness (QED) is 0.505. The summed E-state index contributed by atoms with van der Waals surface area (Å²) < 4.78 is 37.9. The molecule has 1 aromatic carbocycles. The number of piperazine rings is 1. The topological polar surface area (TPSA) is 87.4 Å². The number of guanidine groups is 1. The molecule has 1 aromatic heterocycles. The van der Waals surface area contributed by atoms with E-state index in [1.54, 1.807) is 4.31 Å². The molecule has 30 heavy (non-hydrogen) atoms. The summed E-state index contributed by atoms with van der Waals surface area (Å²) in [6.07, 6.45) is 0.0303. The molecule has 1 aliphatic heterocycles. The monoisotopic (exact) mass is 436 g/mol. The van der Waals surface area contributed by atoms with Gasteiger partial charge in [-0.1, -0.05) is 18.2 Å². The van der Waals surface area contributed by atoms with E-state index in [9.17, 15) is 8.42 Å². The van der Waals surface area contributed by atoms with Gasteiger partial charge in [0.15, 0.2) is 5.96 Å². The molecular weight excluding hydrogens is 404 g/mol. The number of furan rings is 1. The number of nitrogens with zero attached hydrogens (tertiary/aromatic N) is 3. The van der Waals surface area contributed by atoms with Crippen LogP contribution in [0.5, 0.6) is 0 Å². The summed E-state index contributed by atoms with van der Waals surface area (Å²) in [6.45, 7) is 9.29. The summed E-state index contributed by atoms with van der Waals surface area (Å²) in [5.41, 5.74) is 0.855. The van der Waals surface area contributed by atoms with E-state index in [-0.39, 0.29) is 18.5 Å². The van der Waals surface area contributed by atoms with Crippen molar-refractivity contribution >= 4 is 27.0 Å². The van der Waals surface area contributed by atoms with Gasteiger partial charge in [-0.3, -0.25) is 0 Å². The molecular formula is C21H32N4O4S. The number of aliphatic imine (C=N–C) groups is 1. The van der Waals surface area contributed by atoms with Crippen molar-refractivity contribution in [3.8, 4) is 0 Å². The molecule has 0 saturated carbocycles. The van der Waals surface area contributed by atoms with Crippen molar-refractivity contribution in [2.45, 2.75) is 33.4 Å². The normalized spacial score (nSPS) is 16.5. The van der Waals surface area contributed by atoms with Crippen molar-refractivity contribution in [1.29, 1.82) is 0 Å². The first-order valence-corrected chi connectivity index (χ1v) is 12.1. The van der Waals surface area contributed by atoms with E-state index in [0.717, 1.165) is 29.2 Å². The van der Waals surface area contributed by atoms with Gasteiger partial charge >= 0.3 is 0 Å². The summed E-state index contributed by atoms with van der Waals surface area (Å²) in [6, 6.07) is 9.90. The van der Waals surface area contributed by atoms with Crippen LogP contribution in [0.4, 0.5) is 0 Å². The van der Waals surface area contributed by atoms with Gasteiger partial charge in [0.1, 0.15) is 17.9 Å². The maximum absolute atomic E-state index is 12.5. The molecule has 0 radical (unpaired) electrons. The Morgan fingerprint density at radius 3 is 2.63 bits per heavy atom. The smallest absolute Gasteiger partial charge is 0.216 e. The first-order valence-electron chi connectivity index (χ1n) is 10.5. The molecule has 9 heteroatoms. The molecule has 0 bridgehead atoms. The first kappa shape index (κ1) is 22.6. The van der Waals surface area contributed by atoms with E-state index in [1.165, 1.54) is 0 Å². The fourth-order valence-corrected chi connectivity index (χ4v) is 4.67. The fraction of sp³-hybridized carbons (Fsp3) is 0.571. The molecule has 8 nitrogen and oxygen atoms in total. The highest BCUT2D eigenvalue weighted by molar-refractivity contribution is 7.89. The van der Waals surface area contributed by atoms with E-state index in [0.29, 0.717) is 32.7 Å². The molecule has 3 rings (SSSR count). The summed E-state index contributed by atoms with van der Waals surface area (Å²) in [5.74, 6) is 1.60. The Labute approximate surface area is 178 Å². The van der Waals surface area contributed by atoms with E-state index in [4.69, 9.17) is 14.1 Å². The molecule has 0 amide bonds. The lowest BCUT2D eigenvalue weighted by atomic mass is 10.2. The fourth-order valence-electron chi connectivity index (χ4n) is 3.39. The number of fused-ring (bicyclic) bond motifs is 1. The Morgan fingerprint density at radius 2 is 1.97 bits per heavy atom. The summed E-state index contributed by atoms with van der Waals surface area (Å²) in [7, 11) is -3.30. The molecule has 0 spiro atoms. The van der Waals surface area contributed by atoms with Crippen LogP contribution in [0.2, 0.25) is 0 Å². The van der Waals surface area contributed by atoms with Crippen LogP contribution in [-0.2, 0) is 21.3 Å². The second-order valence-electron chi connectivity index (χ2n) is 7.54. The Balaban J connectivity index is 1.58. The van der Waals surface area contributed by atoms with Crippen LogP contribution in [0.3, 0.4) is 0 Å². The summed E-state index contributed by atoms with van der Waals surface area (Å²) >= 11 is 0. The van der Waals surface area contributed by atoms with Crippen molar-refractivity contribution in [2.75, 3.05) is 45.1 Å². The lowest BCUT2D eigenvalue weighted by molar-refractivity contribution is 0.0904. The zero-order valence-electron chi connectivity index (χ0n) is 18.0. The number of benzene rings is 1. The molecule has 0 atom stereocenters. The van der Waals surface area contributed by atoms with Gasteiger partial charge in [-0.2, -0.15) is 4.31 Å². The number of para-hydroxylation sites is 1. The third-order valence-electron chi connectivity index (χ3n) is 4.92. The molecule has 1 aliphatic rings. The second-order valence-corrected chi connectivity index (χ2v) is 9.63. The molecule has 2 heterocycles. The van der Waals surface area contributed by atoms with Gasteiger partial charge < -0.3 is 19.4 Å². The standard InChI is InChI=1S/C21H32N4O4S/c1-4-22-21(23-16-19-15-18-7-5-6-8-20(18)29-19)24-9-11-25(12-10-24)30(26,27)14-13-28-17(2)3/h5-8,15,17H,4,9-14,16H2,1-3H3,(H,22,23). The molecule has 0 aliphatic carbocycles. The summed E-state index contributed by atoms with van der Waals surface area (Å²) in [4.78, 5) is 6.81. The van der Waals surface area contributed by atoms with Crippen LogP contribution < -0.4 is 5.32 Å². The zero-order valence-corrected chi connectivity index (χ0v) is 18.8. The predicted molar refractivity (Wildman–Crippen MR) is 119 cm³/mol. The number of ether oxygens (including phenoxy) is 1. The minimum atomic E-state index is -3.30. The van der Waals surface area contributed by atoms with Gasteiger partial charge in [0, 0.05) is 38.1 Å². The van der Waals surface area contributed by atoms with Crippen LogP contribution in [-0.4, -0.2) is 74.8 Å². The number of sulfonamides is 1. The average Bonchev–Trinajstić information content (AvgIpc) is 3.14. The predicted octanol–water partition coefficient (Wildman–Crippen LogP) is 2.27. The maximum atomic E-state index is 12.5. The summed E-state index contributed by atoms with van der Waals surface area (Å²) in [5, 5.41) is 4.37. The Hall–Kier alpha value is -2.10. The lowest BCUT2D eigenvalue weighted by Gasteiger charge is -2.35. The largest absolute Gasteiger partial charge is 0.459 e. The van der Waals surface area contributed by atoms with E-state index >= 15 is 0 Å². The molecule has 1 fully saturated rings. The second kappa shape index (κ2) is 10.3. The molecule has 1 saturated heterocycles. The van der Waals surface area contributed by atoms with Crippen molar-refractivity contribution in [3.05, 3.63) is 36.1 Å². The number of nitrogens with one attached hydrogen (secondary N) is 1. The minimum absolute atomic E-state index is 0.0192. The SMILES string of the molecule is CCNC(=NCc1cc2ccccc2o1)N1CCN(S(=O)(=O)CCOC(C)C)CC1. The Morgan fingerprint density at radius 1 is 1.23 bits per heavy atom. The lowest BCUT2D eigenvalue weighted by Crippen LogP contribution is -2.54. The van der Waals surface area contributed by atoms with Crippen LogP contribution in [0.25, 0.3) is 11.0 Å². The van der Waals surface area contributed by atoms with Gasteiger partial charge in [-0.25, -0.2) is 13.4 Å². The Kier molecular flexibility index (Phi) is 7.74. The highest BCUT2D eigenvalue weighted by Crippen LogP contribution is 2.19. The van der Waals surface area contributed by atoms with Crippen LogP contribution in [0, 0.1) is 0 Å². The number of hydrogen-bond acceptors (Lipinski definition) is 5. The van der Waals surface area contributed by atoms with E-state index in [1.807, 2.05) is 51.1 Å². The maximum Gasteiger partial charge on any atom is 0.216 e. The van der Waals surface area contributed by atoms with Crippen LogP contribution in [0.15, 0.2) is 39.7 Å². The molecule has 0 unspecified atom stereocenters. The van der Waals surface area contributed by atoms with Crippen molar-refractivity contribution in [1.82, 2.24) is 14.5 Å². The van der Waals surface area contributed by atoms with Gasteiger partial charge in [-0.05, 0) is 32.9 Å². The molecule has 166 valence electrons. The minimum Gasteiger partial charge on any atom is -0.459 e. The van der Waals surface area contributed by atoms with E-state index < -0.39 is 10.0 Å². The van der Waals surface area contributed by atoms with Crippen molar-refractivity contribution in [2.24, 2.45) is 4.99 Å². The highest BCUT2D eigenvalue weighted by Gasteiger charge is 2.28.